The van der Waals surface area contributed by atoms with Crippen LogP contribution in [0.3, 0.4) is 0 Å². The summed E-state index contributed by atoms with van der Waals surface area (Å²) in [5, 5.41) is 7.99. The molecule has 0 aromatic carbocycles. The molecule has 23 heavy (non-hydrogen) atoms. The van der Waals surface area contributed by atoms with Crippen molar-refractivity contribution in [3.05, 3.63) is 34.0 Å². The minimum atomic E-state index is 0.428. The van der Waals surface area contributed by atoms with E-state index in [1.807, 2.05) is 11.6 Å². The van der Waals surface area contributed by atoms with Gasteiger partial charge in [0.1, 0.15) is 5.01 Å². The van der Waals surface area contributed by atoms with Crippen LogP contribution < -0.4 is 0 Å². The normalized spacial score (nSPS) is 21.5. The fraction of sp³-hybridized carbons (Fsp3) is 0.647. The quantitative estimate of drug-likeness (QED) is 0.782. The van der Waals surface area contributed by atoms with Crippen molar-refractivity contribution in [3.63, 3.8) is 0 Å². The van der Waals surface area contributed by atoms with E-state index in [1.165, 1.54) is 29.1 Å². The summed E-state index contributed by atoms with van der Waals surface area (Å²) in [6, 6.07) is 0. The van der Waals surface area contributed by atoms with Gasteiger partial charge in [-0.25, -0.2) is 4.98 Å². The third kappa shape index (κ3) is 3.65. The molecule has 0 radical (unpaired) electrons. The van der Waals surface area contributed by atoms with Gasteiger partial charge in [-0.1, -0.05) is 0 Å². The van der Waals surface area contributed by atoms with E-state index in [0.29, 0.717) is 5.92 Å². The molecule has 2 aromatic rings. The minimum absolute atomic E-state index is 0.428. The predicted octanol–water partition coefficient (Wildman–Crippen LogP) is 2.89. The summed E-state index contributed by atoms with van der Waals surface area (Å²) >= 11 is 1.73. The molecule has 2 aliphatic rings. The van der Waals surface area contributed by atoms with Gasteiger partial charge in [0.2, 0.25) is 0 Å². The molecule has 0 amide bonds. The molecule has 4 rings (SSSR count). The zero-order valence-corrected chi connectivity index (χ0v) is 14.5. The number of aromatic nitrogens is 3. The number of rotatable bonds is 7. The molecule has 1 aliphatic heterocycles. The van der Waals surface area contributed by atoms with Crippen molar-refractivity contribution in [2.45, 2.75) is 45.3 Å². The van der Waals surface area contributed by atoms with Crippen molar-refractivity contribution in [2.24, 2.45) is 5.92 Å². The SMILES string of the molecule is CCn1cc2c(n1)CN(Cc1nccs1)C[C@H]2COCC1CC1. The molecule has 0 unspecified atom stereocenters. The number of nitrogens with zero attached hydrogens (tertiary/aromatic N) is 4. The summed E-state index contributed by atoms with van der Waals surface area (Å²) in [6.07, 6.45) is 6.80. The second-order valence-corrected chi connectivity index (χ2v) is 7.64. The lowest BCUT2D eigenvalue weighted by molar-refractivity contribution is 0.0890. The van der Waals surface area contributed by atoms with Crippen LogP contribution in [0.4, 0.5) is 0 Å². The van der Waals surface area contributed by atoms with Crippen molar-refractivity contribution in [1.82, 2.24) is 19.7 Å². The molecule has 0 N–H and O–H groups in total. The van der Waals surface area contributed by atoms with E-state index in [-0.39, 0.29) is 0 Å². The summed E-state index contributed by atoms with van der Waals surface area (Å²) in [5.41, 5.74) is 2.60. The Hall–Kier alpha value is -1.24. The molecule has 6 heteroatoms. The van der Waals surface area contributed by atoms with Crippen molar-refractivity contribution >= 4 is 11.3 Å². The lowest BCUT2D eigenvalue weighted by Gasteiger charge is -2.31. The maximum Gasteiger partial charge on any atom is 0.107 e. The van der Waals surface area contributed by atoms with E-state index in [1.54, 1.807) is 11.3 Å². The largest absolute Gasteiger partial charge is 0.380 e. The molecular formula is C17H24N4OS. The van der Waals surface area contributed by atoms with E-state index in [0.717, 1.165) is 45.3 Å². The van der Waals surface area contributed by atoms with Crippen LogP contribution in [0, 0.1) is 5.92 Å². The van der Waals surface area contributed by atoms with E-state index in [2.05, 4.69) is 27.7 Å². The maximum atomic E-state index is 6.00. The minimum Gasteiger partial charge on any atom is -0.380 e. The zero-order chi connectivity index (χ0) is 15.6. The standard InChI is InChI=1S/C17H24N4OS/c1-2-21-8-15-14(12-22-11-13-3-4-13)7-20(9-16(15)19-21)10-17-18-5-6-23-17/h5-6,8,13-14H,2-4,7,9-12H2,1H3/t14-/m0/s1. The Balaban J connectivity index is 1.46. The van der Waals surface area contributed by atoms with Crippen molar-refractivity contribution < 1.29 is 4.74 Å². The maximum absolute atomic E-state index is 6.00. The molecule has 2 aromatic heterocycles. The number of ether oxygens (including phenoxy) is 1. The first-order valence-electron chi connectivity index (χ1n) is 8.56. The third-order valence-electron chi connectivity index (χ3n) is 4.70. The van der Waals surface area contributed by atoms with Crippen LogP contribution in [0.15, 0.2) is 17.8 Å². The molecule has 1 aliphatic carbocycles. The van der Waals surface area contributed by atoms with Crippen LogP contribution in [0.25, 0.3) is 0 Å². The van der Waals surface area contributed by atoms with Gasteiger partial charge in [0, 0.05) is 55.5 Å². The van der Waals surface area contributed by atoms with Gasteiger partial charge in [0.05, 0.1) is 18.8 Å². The number of hydrogen-bond acceptors (Lipinski definition) is 5. The molecule has 1 fully saturated rings. The predicted molar refractivity (Wildman–Crippen MR) is 90.4 cm³/mol. The van der Waals surface area contributed by atoms with Gasteiger partial charge in [-0.05, 0) is 25.7 Å². The number of fused-ring (bicyclic) bond motifs is 1. The van der Waals surface area contributed by atoms with Gasteiger partial charge in [0.25, 0.3) is 0 Å². The second kappa shape index (κ2) is 6.71. The smallest absolute Gasteiger partial charge is 0.107 e. The highest BCUT2D eigenvalue weighted by Gasteiger charge is 2.29. The third-order valence-corrected chi connectivity index (χ3v) is 5.46. The molecule has 0 bridgehead atoms. The Labute approximate surface area is 141 Å². The Bertz CT molecular complexity index is 635. The lowest BCUT2D eigenvalue weighted by Crippen LogP contribution is -2.34. The molecule has 5 nitrogen and oxygen atoms in total. The zero-order valence-electron chi connectivity index (χ0n) is 13.6. The fourth-order valence-corrected chi connectivity index (χ4v) is 3.89. The highest BCUT2D eigenvalue weighted by molar-refractivity contribution is 7.09. The summed E-state index contributed by atoms with van der Waals surface area (Å²) in [7, 11) is 0. The first kappa shape index (κ1) is 15.3. The van der Waals surface area contributed by atoms with Gasteiger partial charge >= 0.3 is 0 Å². The van der Waals surface area contributed by atoms with Crippen molar-refractivity contribution in [2.75, 3.05) is 19.8 Å². The van der Waals surface area contributed by atoms with E-state index >= 15 is 0 Å². The summed E-state index contributed by atoms with van der Waals surface area (Å²) in [4.78, 5) is 6.88. The Kier molecular flexibility index (Phi) is 4.46. The molecule has 0 spiro atoms. The highest BCUT2D eigenvalue weighted by atomic mass is 32.1. The van der Waals surface area contributed by atoms with Crippen LogP contribution in [-0.4, -0.2) is 39.4 Å². The van der Waals surface area contributed by atoms with Crippen LogP contribution >= 0.6 is 11.3 Å². The first-order chi connectivity index (χ1) is 11.3. The van der Waals surface area contributed by atoms with E-state index < -0.39 is 0 Å². The Morgan fingerprint density at radius 3 is 3.00 bits per heavy atom. The number of thiazole rings is 1. The van der Waals surface area contributed by atoms with Crippen LogP contribution in [0.1, 0.15) is 41.9 Å². The monoisotopic (exact) mass is 332 g/mol. The average molecular weight is 332 g/mol. The van der Waals surface area contributed by atoms with Gasteiger partial charge in [0.15, 0.2) is 0 Å². The van der Waals surface area contributed by atoms with E-state index in [9.17, 15) is 0 Å². The molecule has 1 saturated carbocycles. The molecule has 3 heterocycles. The molecule has 1 atom stereocenters. The Morgan fingerprint density at radius 1 is 1.35 bits per heavy atom. The average Bonchev–Trinajstić information content (AvgIpc) is 3.06. The van der Waals surface area contributed by atoms with Gasteiger partial charge in [-0.15, -0.1) is 11.3 Å². The summed E-state index contributed by atoms with van der Waals surface area (Å²) < 4.78 is 8.06. The van der Waals surface area contributed by atoms with E-state index in [4.69, 9.17) is 9.84 Å². The number of aryl methyl sites for hydroxylation is 1. The highest BCUT2D eigenvalue weighted by Crippen LogP contribution is 2.32. The summed E-state index contributed by atoms with van der Waals surface area (Å²) in [6.45, 7) is 7.68. The van der Waals surface area contributed by atoms with Crippen LogP contribution in [0.2, 0.25) is 0 Å². The van der Waals surface area contributed by atoms with Crippen LogP contribution in [0.5, 0.6) is 0 Å². The Morgan fingerprint density at radius 2 is 2.26 bits per heavy atom. The first-order valence-corrected chi connectivity index (χ1v) is 9.44. The molecular weight excluding hydrogens is 308 g/mol. The van der Waals surface area contributed by atoms with Crippen molar-refractivity contribution in [3.8, 4) is 0 Å². The van der Waals surface area contributed by atoms with Gasteiger partial charge in [-0.3, -0.25) is 9.58 Å². The lowest BCUT2D eigenvalue weighted by atomic mass is 9.96. The molecule has 0 saturated heterocycles. The van der Waals surface area contributed by atoms with Gasteiger partial charge < -0.3 is 4.74 Å². The number of hydrogen-bond donors (Lipinski definition) is 0. The van der Waals surface area contributed by atoms with Crippen molar-refractivity contribution in [1.29, 1.82) is 0 Å². The topological polar surface area (TPSA) is 43.2 Å². The second-order valence-electron chi connectivity index (χ2n) is 6.66. The fourth-order valence-electron chi connectivity index (χ4n) is 3.24. The van der Waals surface area contributed by atoms with Gasteiger partial charge in [-0.2, -0.15) is 5.10 Å². The van der Waals surface area contributed by atoms with Crippen LogP contribution in [-0.2, 0) is 24.4 Å². The summed E-state index contributed by atoms with van der Waals surface area (Å²) in [5.74, 6) is 1.25. The molecule has 124 valence electrons.